The van der Waals surface area contributed by atoms with E-state index in [1.165, 1.54) is 0 Å². The van der Waals surface area contributed by atoms with Crippen molar-refractivity contribution < 1.29 is 19.2 Å². The normalized spacial score (nSPS) is 25.6. The molecule has 39 heavy (non-hydrogen) atoms. The van der Waals surface area contributed by atoms with Crippen LogP contribution in [0.15, 0.2) is 0 Å². The molecule has 3 aliphatic rings. The SMILES string of the molecule is CC(C)(C)NC(=O)N[C@H](C(=O)N1C[C@H](N2CCCC2)C[C@H]1C(=O)CN[C@H](C#N)C[C@@H]1CCNC1=O)C(C)(C)C. The van der Waals surface area contributed by atoms with E-state index in [2.05, 4.69) is 32.2 Å². The van der Waals surface area contributed by atoms with Gasteiger partial charge >= 0.3 is 6.03 Å². The van der Waals surface area contributed by atoms with E-state index in [-0.39, 0.29) is 36.1 Å². The molecule has 3 heterocycles. The van der Waals surface area contributed by atoms with Gasteiger partial charge in [-0.15, -0.1) is 0 Å². The van der Waals surface area contributed by atoms with Crippen molar-refractivity contribution >= 4 is 23.6 Å². The number of hydrogen-bond acceptors (Lipinski definition) is 7. The lowest BCUT2D eigenvalue weighted by atomic mass is 9.85. The molecule has 3 aliphatic heterocycles. The molecule has 0 bridgehead atoms. The van der Waals surface area contributed by atoms with Crippen LogP contribution in [0.5, 0.6) is 0 Å². The monoisotopic (exact) mass is 545 g/mol. The number of Topliss-reactive ketones (excluding diaryl/α,β-unsaturated/α-hetero) is 1. The van der Waals surface area contributed by atoms with Crippen LogP contribution in [0.1, 0.15) is 73.6 Å². The number of nitrogens with one attached hydrogen (secondary N) is 4. The molecule has 5 atom stereocenters. The van der Waals surface area contributed by atoms with Crippen molar-refractivity contribution in [2.75, 3.05) is 32.7 Å². The first-order chi connectivity index (χ1) is 18.2. The minimum absolute atomic E-state index is 0.0550. The molecular formula is C28H47N7O4. The van der Waals surface area contributed by atoms with Crippen LogP contribution >= 0.6 is 0 Å². The second-order valence-electron chi connectivity index (χ2n) is 13.3. The summed E-state index contributed by atoms with van der Waals surface area (Å²) in [6, 6.07) is -0.288. The van der Waals surface area contributed by atoms with Crippen molar-refractivity contribution in [2.24, 2.45) is 11.3 Å². The largest absolute Gasteiger partial charge is 0.356 e. The van der Waals surface area contributed by atoms with E-state index in [1.807, 2.05) is 41.5 Å². The number of nitriles is 1. The maximum absolute atomic E-state index is 14.0. The zero-order chi connectivity index (χ0) is 29.0. The van der Waals surface area contributed by atoms with E-state index >= 15 is 0 Å². The fourth-order valence-corrected chi connectivity index (χ4v) is 5.73. The third-order valence-corrected chi connectivity index (χ3v) is 7.83. The van der Waals surface area contributed by atoms with Crippen molar-refractivity contribution in [3.8, 4) is 6.07 Å². The molecule has 11 heteroatoms. The van der Waals surface area contributed by atoms with Crippen molar-refractivity contribution in [3.05, 3.63) is 0 Å². The highest BCUT2D eigenvalue weighted by Crippen LogP contribution is 2.30. The van der Waals surface area contributed by atoms with Gasteiger partial charge in [0.25, 0.3) is 0 Å². The summed E-state index contributed by atoms with van der Waals surface area (Å²) in [5.41, 5.74) is -1.05. The van der Waals surface area contributed by atoms with Gasteiger partial charge in [0.05, 0.1) is 24.7 Å². The van der Waals surface area contributed by atoms with Gasteiger partial charge in [0.2, 0.25) is 11.8 Å². The van der Waals surface area contributed by atoms with Crippen LogP contribution in [0.3, 0.4) is 0 Å². The molecule has 3 saturated heterocycles. The molecule has 0 aromatic carbocycles. The number of urea groups is 1. The van der Waals surface area contributed by atoms with Crippen LogP contribution in [0.25, 0.3) is 0 Å². The standard InChI is InChI=1S/C28H47N7O4/c1-27(2,3)23(32-26(39)33-28(4,5)6)25(38)35-17-20(34-11-7-8-12-34)14-21(35)22(36)16-31-19(15-29)13-18-9-10-30-24(18)37/h18-21,23,31H,7-14,16-17H2,1-6H3,(H,30,37)(H2,32,33,39)/t18-,19-,20+,21-,23+/m0/s1. The number of carbonyl (C=O) groups is 4. The minimum atomic E-state index is -0.826. The Kier molecular flexibility index (Phi) is 9.99. The number of amides is 4. The smallest absolute Gasteiger partial charge is 0.315 e. The summed E-state index contributed by atoms with van der Waals surface area (Å²) < 4.78 is 0. The Morgan fingerprint density at radius 1 is 1.13 bits per heavy atom. The van der Waals surface area contributed by atoms with Gasteiger partial charge in [0.1, 0.15) is 6.04 Å². The lowest BCUT2D eigenvalue weighted by molar-refractivity contribution is -0.141. The number of rotatable bonds is 9. The Morgan fingerprint density at radius 2 is 1.79 bits per heavy atom. The van der Waals surface area contributed by atoms with E-state index < -0.39 is 35.1 Å². The van der Waals surface area contributed by atoms with E-state index in [0.717, 1.165) is 25.9 Å². The van der Waals surface area contributed by atoms with E-state index in [9.17, 15) is 24.4 Å². The Bertz CT molecular complexity index is 958. The summed E-state index contributed by atoms with van der Waals surface area (Å²) in [5, 5.41) is 21.2. The number of nitrogens with zero attached hydrogens (tertiary/aromatic N) is 3. The molecule has 0 saturated carbocycles. The topological polar surface area (TPSA) is 147 Å². The molecule has 0 radical (unpaired) electrons. The average molecular weight is 546 g/mol. The predicted octanol–water partition coefficient (Wildman–Crippen LogP) is 1.14. The molecule has 218 valence electrons. The zero-order valence-corrected chi connectivity index (χ0v) is 24.4. The summed E-state index contributed by atoms with van der Waals surface area (Å²) >= 11 is 0. The third kappa shape index (κ3) is 8.39. The third-order valence-electron chi connectivity index (χ3n) is 7.83. The molecule has 0 aromatic heterocycles. The van der Waals surface area contributed by atoms with Crippen LogP contribution in [-0.2, 0) is 14.4 Å². The maximum atomic E-state index is 14.0. The van der Waals surface area contributed by atoms with E-state index in [1.54, 1.807) is 4.90 Å². The van der Waals surface area contributed by atoms with Gasteiger partial charge in [0, 0.05) is 30.6 Å². The zero-order valence-electron chi connectivity index (χ0n) is 24.4. The van der Waals surface area contributed by atoms with Crippen molar-refractivity contribution in [3.63, 3.8) is 0 Å². The molecule has 11 nitrogen and oxygen atoms in total. The van der Waals surface area contributed by atoms with Gasteiger partial charge in [-0.25, -0.2) is 4.79 Å². The van der Waals surface area contributed by atoms with Gasteiger partial charge in [-0.3, -0.25) is 24.6 Å². The molecule has 4 N–H and O–H groups in total. The van der Waals surface area contributed by atoms with Gasteiger partial charge in [-0.2, -0.15) is 5.26 Å². The van der Waals surface area contributed by atoms with Crippen LogP contribution < -0.4 is 21.3 Å². The van der Waals surface area contributed by atoms with Crippen LogP contribution in [0.2, 0.25) is 0 Å². The fraction of sp³-hybridized carbons (Fsp3) is 0.821. The van der Waals surface area contributed by atoms with E-state index in [0.29, 0.717) is 32.4 Å². The number of hydrogen-bond donors (Lipinski definition) is 4. The first-order valence-electron chi connectivity index (χ1n) is 14.3. The Morgan fingerprint density at radius 3 is 2.33 bits per heavy atom. The van der Waals surface area contributed by atoms with Crippen LogP contribution in [0, 0.1) is 22.7 Å². The van der Waals surface area contributed by atoms with Gasteiger partial charge in [-0.1, -0.05) is 20.8 Å². The highest BCUT2D eigenvalue weighted by Gasteiger charge is 2.46. The predicted molar refractivity (Wildman–Crippen MR) is 148 cm³/mol. The van der Waals surface area contributed by atoms with Gasteiger partial charge in [-0.05, 0) is 71.4 Å². The quantitative estimate of drug-likeness (QED) is 0.340. The number of likely N-dealkylation sites (tertiary alicyclic amines) is 2. The molecule has 0 spiro atoms. The molecule has 3 rings (SSSR count). The highest BCUT2D eigenvalue weighted by molar-refractivity contribution is 5.94. The summed E-state index contributed by atoms with van der Waals surface area (Å²) in [5.74, 6) is -0.723. The summed E-state index contributed by atoms with van der Waals surface area (Å²) in [6.45, 7) is 14.2. The maximum Gasteiger partial charge on any atom is 0.315 e. The summed E-state index contributed by atoms with van der Waals surface area (Å²) in [7, 11) is 0. The lowest BCUT2D eigenvalue weighted by Gasteiger charge is -2.36. The Balaban J connectivity index is 1.74. The van der Waals surface area contributed by atoms with Crippen LogP contribution in [0.4, 0.5) is 4.79 Å². The van der Waals surface area contributed by atoms with Gasteiger partial charge < -0.3 is 20.9 Å². The van der Waals surface area contributed by atoms with Gasteiger partial charge in [0.15, 0.2) is 5.78 Å². The Labute approximate surface area is 232 Å². The fourth-order valence-electron chi connectivity index (χ4n) is 5.73. The number of ketones is 1. The molecule has 0 aliphatic carbocycles. The molecular weight excluding hydrogens is 498 g/mol. The first kappa shape index (κ1) is 30.8. The number of carbonyl (C=O) groups excluding carboxylic acids is 4. The summed E-state index contributed by atoms with van der Waals surface area (Å²) in [4.78, 5) is 56.3. The summed E-state index contributed by atoms with van der Waals surface area (Å²) in [6.07, 6.45) is 3.75. The first-order valence-corrected chi connectivity index (χ1v) is 14.3. The van der Waals surface area contributed by atoms with E-state index in [4.69, 9.17) is 0 Å². The second kappa shape index (κ2) is 12.6. The highest BCUT2D eigenvalue weighted by atomic mass is 16.2. The van der Waals surface area contributed by atoms with Crippen molar-refractivity contribution in [2.45, 2.75) is 103 Å². The van der Waals surface area contributed by atoms with Crippen molar-refractivity contribution in [1.29, 1.82) is 5.26 Å². The molecule has 3 fully saturated rings. The van der Waals surface area contributed by atoms with Crippen molar-refractivity contribution in [1.82, 2.24) is 31.1 Å². The average Bonchev–Trinajstić information content (AvgIpc) is 3.58. The minimum Gasteiger partial charge on any atom is -0.356 e. The molecule has 0 aromatic rings. The molecule has 4 amide bonds. The molecule has 0 unspecified atom stereocenters. The Hall–Kier alpha value is -2.71. The lowest BCUT2D eigenvalue weighted by Crippen LogP contribution is -2.60. The second-order valence-corrected chi connectivity index (χ2v) is 13.3. The van der Waals surface area contributed by atoms with Crippen LogP contribution in [-0.4, -0.2) is 95.9 Å².